The van der Waals surface area contributed by atoms with E-state index in [-0.39, 0.29) is 35.3 Å². The van der Waals surface area contributed by atoms with Gasteiger partial charge in [0.2, 0.25) is 0 Å². The van der Waals surface area contributed by atoms with Crippen LogP contribution < -0.4 is 34.7 Å². The Morgan fingerprint density at radius 2 is 0.900 bits per heavy atom. The standard InChI is InChI=1S/C18H14O.Na/c19-18-16(14-8-3-1-4-9-14)12-7-13-17(18)15-10-5-2-6-11-15;/h1-13,19H;/q;+1/p-1. The van der Waals surface area contributed by atoms with E-state index in [9.17, 15) is 5.11 Å². The molecule has 0 atom stereocenters. The van der Waals surface area contributed by atoms with Gasteiger partial charge in [0.15, 0.2) is 0 Å². The molecule has 0 saturated carbocycles. The van der Waals surface area contributed by atoms with E-state index >= 15 is 0 Å². The Balaban J connectivity index is 0.00000147. The molecular formula is C18H13NaO. The van der Waals surface area contributed by atoms with Crippen molar-refractivity contribution in [2.24, 2.45) is 0 Å². The number of para-hydroxylation sites is 1. The summed E-state index contributed by atoms with van der Waals surface area (Å²) in [5.41, 5.74) is 3.43. The Bertz CT molecular complexity index is 621. The fourth-order valence-electron chi connectivity index (χ4n) is 2.23. The molecule has 0 radical (unpaired) electrons. The van der Waals surface area contributed by atoms with E-state index in [1.165, 1.54) is 0 Å². The third-order valence-corrected chi connectivity index (χ3v) is 3.18. The van der Waals surface area contributed by atoms with Crippen LogP contribution in [0.25, 0.3) is 22.3 Å². The molecule has 0 unspecified atom stereocenters. The quantitative estimate of drug-likeness (QED) is 0.638. The van der Waals surface area contributed by atoms with Crippen LogP contribution in [0.2, 0.25) is 0 Å². The van der Waals surface area contributed by atoms with Crippen LogP contribution >= 0.6 is 0 Å². The summed E-state index contributed by atoms with van der Waals surface area (Å²) in [6, 6.07) is 25.3. The fraction of sp³-hybridized carbons (Fsp3) is 0. The van der Waals surface area contributed by atoms with Crippen LogP contribution in [0.5, 0.6) is 5.75 Å². The van der Waals surface area contributed by atoms with E-state index in [1.807, 2.05) is 78.9 Å². The van der Waals surface area contributed by atoms with Gasteiger partial charge in [0, 0.05) is 0 Å². The third-order valence-electron chi connectivity index (χ3n) is 3.18. The van der Waals surface area contributed by atoms with Crippen molar-refractivity contribution in [3.63, 3.8) is 0 Å². The van der Waals surface area contributed by atoms with E-state index in [0.717, 1.165) is 22.3 Å². The molecule has 0 aromatic heterocycles. The Morgan fingerprint density at radius 3 is 1.30 bits per heavy atom. The summed E-state index contributed by atoms with van der Waals surface area (Å²) in [5, 5.41) is 12.6. The first-order valence-electron chi connectivity index (χ1n) is 6.27. The largest absolute Gasteiger partial charge is 1.00 e. The normalized spacial score (nSPS) is 9.80. The smallest absolute Gasteiger partial charge is 0.872 e. The van der Waals surface area contributed by atoms with Crippen molar-refractivity contribution in [2.75, 3.05) is 0 Å². The van der Waals surface area contributed by atoms with E-state index in [2.05, 4.69) is 0 Å². The average molecular weight is 268 g/mol. The second kappa shape index (κ2) is 6.76. The summed E-state index contributed by atoms with van der Waals surface area (Å²) in [6.07, 6.45) is 0. The van der Waals surface area contributed by atoms with Crippen molar-refractivity contribution in [3.05, 3.63) is 78.9 Å². The molecule has 0 aliphatic rings. The molecule has 3 aromatic carbocycles. The first kappa shape index (κ1) is 14.9. The predicted molar refractivity (Wildman–Crippen MR) is 76.8 cm³/mol. The van der Waals surface area contributed by atoms with E-state index in [1.54, 1.807) is 0 Å². The van der Waals surface area contributed by atoms with Gasteiger partial charge in [0.05, 0.1) is 0 Å². The first-order chi connectivity index (χ1) is 9.36. The summed E-state index contributed by atoms with van der Waals surface area (Å²) < 4.78 is 0. The van der Waals surface area contributed by atoms with Crippen molar-refractivity contribution in [3.8, 4) is 28.0 Å². The molecule has 3 rings (SSSR count). The second-order valence-electron chi connectivity index (χ2n) is 4.41. The molecular weight excluding hydrogens is 255 g/mol. The Kier molecular flexibility index (Phi) is 5.02. The zero-order valence-corrected chi connectivity index (χ0v) is 13.4. The SMILES string of the molecule is [Na+].[O-]c1c(-c2ccccc2)cccc1-c1ccccc1. The molecule has 3 aromatic rings. The van der Waals surface area contributed by atoms with Gasteiger partial charge in [-0.25, -0.2) is 0 Å². The second-order valence-corrected chi connectivity index (χ2v) is 4.41. The summed E-state index contributed by atoms with van der Waals surface area (Å²) >= 11 is 0. The molecule has 0 aliphatic heterocycles. The number of benzene rings is 3. The van der Waals surface area contributed by atoms with Crippen molar-refractivity contribution < 1.29 is 34.7 Å². The molecule has 0 bridgehead atoms. The van der Waals surface area contributed by atoms with Crippen molar-refractivity contribution >= 4 is 0 Å². The monoisotopic (exact) mass is 268 g/mol. The molecule has 0 heterocycles. The zero-order chi connectivity index (χ0) is 13.1. The third kappa shape index (κ3) is 2.96. The topological polar surface area (TPSA) is 23.1 Å². The zero-order valence-electron chi connectivity index (χ0n) is 11.4. The summed E-state index contributed by atoms with van der Waals surface area (Å²) in [7, 11) is 0. The minimum atomic E-state index is 0. The fourth-order valence-corrected chi connectivity index (χ4v) is 2.23. The molecule has 2 heteroatoms. The van der Waals surface area contributed by atoms with Crippen LogP contribution in [-0.4, -0.2) is 0 Å². The predicted octanol–water partition coefficient (Wildman–Crippen LogP) is 1.10. The maximum Gasteiger partial charge on any atom is 1.00 e. The molecule has 0 aliphatic carbocycles. The molecule has 0 fully saturated rings. The molecule has 20 heavy (non-hydrogen) atoms. The molecule has 1 nitrogen and oxygen atoms in total. The molecule has 92 valence electrons. The number of rotatable bonds is 2. The van der Waals surface area contributed by atoms with Crippen LogP contribution in [0, 0.1) is 0 Å². The maximum absolute atomic E-state index is 12.6. The van der Waals surface area contributed by atoms with E-state index in [4.69, 9.17) is 0 Å². The minimum Gasteiger partial charge on any atom is -0.872 e. The van der Waals surface area contributed by atoms with Crippen LogP contribution in [0.15, 0.2) is 78.9 Å². The van der Waals surface area contributed by atoms with Gasteiger partial charge in [-0.15, -0.1) is 0 Å². The van der Waals surface area contributed by atoms with Gasteiger partial charge in [-0.2, -0.15) is 0 Å². The summed E-state index contributed by atoms with van der Waals surface area (Å²) in [5.74, 6) is 0.0832. The maximum atomic E-state index is 12.6. The van der Waals surface area contributed by atoms with Gasteiger partial charge in [-0.05, 0) is 22.3 Å². The van der Waals surface area contributed by atoms with Gasteiger partial charge >= 0.3 is 29.6 Å². The summed E-state index contributed by atoms with van der Waals surface area (Å²) in [6.45, 7) is 0. The first-order valence-corrected chi connectivity index (χ1v) is 6.27. The van der Waals surface area contributed by atoms with Gasteiger partial charge in [0.1, 0.15) is 0 Å². The molecule has 0 N–H and O–H groups in total. The van der Waals surface area contributed by atoms with Crippen LogP contribution in [-0.2, 0) is 0 Å². The van der Waals surface area contributed by atoms with Gasteiger partial charge in [0.25, 0.3) is 0 Å². The van der Waals surface area contributed by atoms with Crippen molar-refractivity contribution in [1.82, 2.24) is 0 Å². The molecule has 0 spiro atoms. The van der Waals surface area contributed by atoms with Crippen LogP contribution in [0.1, 0.15) is 0 Å². The Labute approximate surface area is 141 Å². The van der Waals surface area contributed by atoms with E-state index in [0.29, 0.717) is 0 Å². The van der Waals surface area contributed by atoms with Crippen LogP contribution in [0.3, 0.4) is 0 Å². The molecule has 0 saturated heterocycles. The van der Waals surface area contributed by atoms with E-state index < -0.39 is 0 Å². The van der Waals surface area contributed by atoms with Crippen molar-refractivity contribution in [2.45, 2.75) is 0 Å². The Morgan fingerprint density at radius 1 is 0.500 bits per heavy atom. The summed E-state index contributed by atoms with van der Waals surface area (Å²) in [4.78, 5) is 0. The van der Waals surface area contributed by atoms with Gasteiger partial charge < -0.3 is 5.11 Å². The number of hydrogen-bond donors (Lipinski definition) is 0. The average Bonchev–Trinajstić information content (AvgIpc) is 2.49. The van der Waals surface area contributed by atoms with Crippen LogP contribution in [0.4, 0.5) is 0 Å². The molecule has 0 amide bonds. The minimum absolute atomic E-state index is 0. The van der Waals surface area contributed by atoms with Gasteiger partial charge in [-0.1, -0.05) is 84.6 Å². The van der Waals surface area contributed by atoms with Gasteiger partial charge in [-0.3, -0.25) is 0 Å². The number of hydrogen-bond acceptors (Lipinski definition) is 1. The Hall–Kier alpha value is -1.54. The van der Waals surface area contributed by atoms with Crippen molar-refractivity contribution in [1.29, 1.82) is 0 Å².